The van der Waals surface area contributed by atoms with Crippen LogP contribution in [0.1, 0.15) is 24.5 Å². The fourth-order valence-electron chi connectivity index (χ4n) is 2.88. The van der Waals surface area contributed by atoms with Crippen molar-refractivity contribution >= 4 is 12.0 Å². The molecule has 1 N–H and O–H groups in total. The maximum absolute atomic E-state index is 10.7. The number of benzene rings is 1. The van der Waals surface area contributed by atoms with Gasteiger partial charge in [-0.25, -0.2) is 4.79 Å². The minimum Gasteiger partial charge on any atom is -0.478 e. The first-order chi connectivity index (χ1) is 10.1. The van der Waals surface area contributed by atoms with Crippen molar-refractivity contribution in [2.75, 3.05) is 26.7 Å². The van der Waals surface area contributed by atoms with Gasteiger partial charge in [0.25, 0.3) is 0 Å². The maximum atomic E-state index is 10.7. The largest absolute Gasteiger partial charge is 0.478 e. The SMILES string of the molecule is CC1CN(C)CCCN1Cc1ccccc1/C=C/C(=O)O. The van der Waals surface area contributed by atoms with E-state index in [1.54, 1.807) is 6.08 Å². The van der Waals surface area contributed by atoms with E-state index in [1.807, 2.05) is 18.2 Å². The van der Waals surface area contributed by atoms with Crippen LogP contribution in [0.4, 0.5) is 0 Å². The fraction of sp³-hybridized carbons (Fsp3) is 0.471. The van der Waals surface area contributed by atoms with Gasteiger partial charge in [0, 0.05) is 31.8 Å². The molecule has 1 aliphatic heterocycles. The van der Waals surface area contributed by atoms with Crippen LogP contribution in [-0.4, -0.2) is 53.6 Å². The van der Waals surface area contributed by atoms with Crippen LogP contribution in [0.3, 0.4) is 0 Å². The molecule has 1 fully saturated rings. The summed E-state index contributed by atoms with van der Waals surface area (Å²) < 4.78 is 0. The highest BCUT2D eigenvalue weighted by Crippen LogP contribution is 2.17. The summed E-state index contributed by atoms with van der Waals surface area (Å²) >= 11 is 0. The van der Waals surface area contributed by atoms with Crippen LogP contribution in [0.25, 0.3) is 6.08 Å². The molecular weight excluding hydrogens is 264 g/mol. The first kappa shape index (κ1) is 15.7. The minimum absolute atomic E-state index is 0.508. The van der Waals surface area contributed by atoms with Gasteiger partial charge in [-0.1, -0.05) is 24.3 Å². The molecule has 1 aliphatic rings. The summed E-state index contributed by atoms with van der Waals surface area (Å²) in [5, 5.41) is 8.79. The van der Waals surface area contributed by atoms with Gasteiger partial charge in [-0.2, -0.15) is 0 Å². The highest BCUT2D eigenvalue weighted by molar-refractivity contribution is 5.85. The average Bonchev–Trinajstić information content (AvgIpc) is 2.59. The molecule has 0 radical (unpaired) electrons. The van der Waals surface area contributed by atoms with E-state index in [9.17, 15) is 4.79 Å². The van der Waals surface area contributed by atoms with Gasteiger partial charge in [0.1, 0.15) is 0 Å². The smallest absolute Gasteiger partial charge is 0.328 e. The van der Waals surface area contributed by atoms with Crippen molar-refractivity contribution < 1.29 is 9.90 Å². The molecular formula is C17H24N2O2. The molecule has 1 aromatic rings. The Morgan fingerprint density at radius 2 is 2.14 bits per heavy atom. The lowest BCUT2D eigenvalue weighted by Gasteiger charge is -2.28. The zero-order chi connectivity index (χ0) is 15.2. The normalized spacial score (nSPS) is 21.5. The average molecular weight is 288 g/mol. The van der Waals surface area contributed by atoms with E-state index >= 15 is 0 Å². The molecule has 21 heavy (non-hydrogen) atoms. The van der Waals surface area contributed by atoms with Crippen molar-refractivity contribution in [3.8, 4) is 0 Å². The van der Waals surface area contributed by atoms with Crippen LogP contribution in [0.15, 0.2) is 30.3 Å². The Morgan fingerprint density at radius 1 is 1.38 bits per heavy atom. The molecule has 1 aromatic carbocycles. The molecule has 1 atom stereocenters. The Labute approximate surface area is 126 Å². The van der Waals surface area contributed by atoms with Gasteiger partial charge in [-0.05, 0) is 44.1 Å². The molecule has 0 aromatic heterocycles. The summed E-state index contributed by atoms with van der Waals surface area (Å²) in [6.45, 7) is 6.43. The monoisotopic (exact) mass is 288 g/mol. The Morgan fingerprint density at radius 3 is 2.90 bits per heavy atom. The molecule has 1 saturated heterocycles. The van der Waals surface area contributed by atoms with Gasteiger partial charge >= 0.3 is 5.97 Å². The fourth-order valence-corrected chi connectivity index (χ4v) is 2.88. The quantitative estimate of drug-likeness (QED) is 0.864. The van der Waals surface area contributed by atoms with E-state index in [4.69, 9.17) is 5.11 Å². The first-order valence-electron chi connectivity index (χ1n) is 7.48. The number of nitrogens with zero attached hydrogens (tertiary/aromatic N) is 2. The second-order valence-corrected chi connectivity index (χ2v) is 5.81. The van der Waals surface area contributed by atoms with Gasteiger partial charge < -0.3 is 10.0 Å². The van der Waals surface area contributed by atoms with Gasteiger partial charge in [0.05, 0.1) is 0 Å². The Bertz CT molecular complexity index is 513. The van der Waals surface area contributed by atoms with Crippen LogP contribution < -0.4 is 0 Å². The number of carbonyl (C=O) groups is 1. The Kier molecular flexibility index (Phi) is 5.53. The lowest BCUT2D eigenvalue weighted by molar-refractivity contribution is -0.131. The van der Waals surface area contributed by atoms with Gasteiger partial charge in [0.2, 0.25) is 0 Å². The predicted molar refractivity (Wildman–Crippen MR) is 85.1 cm³/mol. The zero-order valence-electron chi connectivity index (χ0n) is 12.8. The Balaban J connectivity index is 2.13. The molecule has 1 unspecified atom stereocenters. The topological polar surface area (TPSA) is 43.8 Å². The van der Waals surface area contributed by atoms with Crippen molar-refractivity contribution in [1.82, 2.24) is 9.80 Å². The van der Waals surface area contributed by atoms with E-state index in [1.165, 1.54) is 18.1 Å². The van der Waals surface area contributed by atoms with Crippen LogP contribution in [0, 0.1) is 0 Å². The highest BCUT2D eigenvalue weighted by atomic mass is 16.4. The maximum Gasteiger partial charge on any atom is 0.328 e. The highest BCUT2D eigenvalue weighted by Gasteiger charge is 2.20. The molecule has 0 bridgehead atoms. The standard InChI is InChI=1S/C17H24N2O2/c1-14-12-18(2)10-5-11-19(14)13-16-7-4-3-6-15(16)8-9-17(20)21/h3-4,6-9,14H,5,10-13H2,1-2H3,(H,20,21)/b9-8+. The third-order valence-electron chi connectivity index (χ3n) is 4.02. The first-order valence-corrected chi connectivity index (χ1v) is 7.48. The lowest BCUT2D eigenvalue weighted by Crippen LogP contribution is -2.37. The molecule has 114 valence electrons. The van der Waals surface area contributed by atoms with E-state index in [-0.39, 0.29) is 0 Å². The lowest BCUT2D eigenvalue weighted by atomic mass is 10.1. The zero-order valence-corrected chi connectivity index (χ0v) is 12.8. The number of carboxylic acid groups (broad SMARTS) is 1. The molecule has 0 saturated carbocycles. The molecule has 4 heteroatoms. The summed E-state index contributed by atoms with van der Waals surface area (Å²) in [4.78, 5) is 15.6. The van der Waals surface area contributed by atoms with Crippen LogP contribution in [0.2, 0.25) is 0 Å². The van der Waals surface area contributed by atoms with E-state index in [2.05, 4.69) is 29.8 Å². The van der Waals surface area contributed by atoms with Gasteiger partial charge in [-0.3, -0.25) is 4.90 Å². The van der Waals surface area contributed by atoms with E-state index in [0.717, 1.165) is 31.7 Å². The number of rotatable bonds is 4. The molecule has 0 aliphatic carbocycles. The van der Waals surface area contributed by atoms with Crippen molar-refractivity contribution in [3.63, 3.8) is 0 Å². The number of carboxylic acids is 1. The van der Waals surface area contributed by atoms with E-state index in [0.29, 0.717) is 6.04 Å². The third kappa shape index (κ3) is 4.69. The summed E-state index contributed by atoms with van der Waals surface area (Å²) in [5.41, 5.74) is 2.18. The summed E-state index contributed by atoms with van der Waals surface area (Å²) in [7, 11) is 2.17. The summed E-state index contributed by atoms with van der Waals surface area (Å²) in [6.07, 6.45) is 4.07. The number of likely N-dealkylation sites (N-methyl/N-ethyl adjacent to an activating group) is 1. The number of hydrogen-bond acceptors (Lipinski definition) is 3. The molecule has 2 rings (SSSR count). The van der Waals surface area contributed by atoms with E-state index < -0.39 is 5.97 Å². The van der Waals surface area contributed by atoms with Crippen molar-refractivity contribution in [1.29, 1.82) is 0 Å². The van der Waals surface area contributed by atoms with Crippen molar-refractivity contribution in [2.24, 2.45) is 0 Å². The second-order valence-electron chi connectivity index (χ2n) is 5.81. The van der Waals surface area contributed by atoms with Crippen LogP contribution in [-0.2, 0) is 11.3 Å². The number of aliphatic carboxylic acids is 1. The summed E-state index contributed by atoms with van der Waals surface area (Å²) in [5.74, 6) is -0.908. The molecule has 0 amide bonds. The molecule has 4 nitrogen and oxygen atoms in total. The third-order valence-corrected chi connectivity index (χ3v) is 4.02. The van der Waals surface area contributed by atoms with Gasteiger partial charge in [-0.15, -0.1) is 0 Å². The van der Waals surface area contributed by atoms with Crippen LogP contribution >= 0.6 is 0 Å². The molecule has 0 spiro atoms. The van der Waals surface area contributed by atoms with Crippen LogP contribution in [0.5, 0.6) is 0 Å². The summed E-state index contributed by atoms with van der Waals surface area (Å²) in [6, 6.07) is 8.54. The predicted octanol–water partition coefficient (Wildman–Crippen LogP) is 2.31. The molecule has 1 heterocycles. The Hall–Kier alpha value is -1.65. The minimum atomic E-state index is -0.908. The number of hydrogen-bond donors (Lipinski definition) is 1. The van der Waals surface area contributed by atoms with Gasteiger partial charge in [0.15, 0.2) is 0 Å². The van der Waals surface area contributed by atoms with Crippen molar-refractivity contribution in [2.45, 2.75) is 25.9 Å². The second kappa shape index (κ2) is 7.38. The van der Waals surface area contributed by atoms with Crippen molar-refractivity contribution in [3.05, 3.63) is 41.5 Å².